The van der Waals surface area contributed by atoms with Crippen LogP contribution in [0.5, 0.6) is 0 Å². The minimum atomic E-state index is -1.69. The van der Waals surface area contributed by atoms with Gasteiger partial charge in [0, 0.05) is 37.6 Å². The maximum Gasteiger partial charge on any atom is 0.475 e. The number of hydrogen-bond donors (Lipinski definition) is 8. The Bertz CT molecular complexity index is 1650. The summed E-state index contributed by atoms with van der Waals surface area (Å²) in [4.78, 5) is 66.2. The fourth-order valence-corrected chi connectivity index (χ4v) is 5.51. The number of amides is 4. The van der Waals surface area contributed by atoms with Crippen LogP contribution in [0.4, 0.5) is 0 Å². The largest absolute Gasteiger partial charge is 0.475 e. The van der Waals surface area contributed by atoms with Crippen molar-refractivity contribution in [3.05, 3.63) is 120 Å². The topological polar surface area (TPSA) is 249 Å². The smallest absolute Gasteiger partial charge is 0.426 e. The Balaban J connectivity index is 0.000000300. The Kier molecular flexibility index (Phi) is 18.7. The van der Waals surface area contributed by atoms with Crippen LogP contribution in [0.25, 0.3) is 0 Å². The molecule has 0 fully saturated rings. The van der Waals surface area contributed by atoms with Crippen LogP contribution in [0.1, 0.15) is 72.6 Å². The molecule has 296 valence electrons. The van der Waals surface area contributed by atoms with Gasteiger partial charge < -0.3 is 41.4 Å². The van der Waals surface area contributed by atoms with E-state index in [2.05, 4.69) is 41.2 Å². The van der Waals surface area contributed by atoms with E-state index in [1.165, 1.54) is 37.2 Å². The Morgan fingerprint density at radius 2 is 0.911 bits per heavy atom. The highest BCUT2D eigenvalue weighted by Gasteiger charge is 2.32. The number of carbonyl (C=O) groups excluding carboxylic acids is 4. The van der Waals surface area contributed by atoms with Crippen LogP contribution in [0.3, 0.4) is 0 Å². The fraction of sp³-hybridized carbons (Fsp3) is 0.368. The van der Waals surface area contributed by atoms with Gasteiger partial charge in [-0.25, -0.2) is 9.97 Å². The second-order valence-electron chi connectivity index (χ2n) is 13.9. The molecule has 0 spiro atoms. The van der Waals surface area contributed by atoms with E-state index in [9.17, 15) is 39.3 Å². The first kappa shape index (κ1) is 44.8. The van der Waals surface area contributed by atoms with Gasteiger partial charge in [0.25, 0.3) is 11.8 Å². The summed E-state index contributed by atoms with van der Waals surface area (Å²) in [5.74, 6) is -3.44. The molecule has 2 aromatic carbocycles. The molecule has 0 saturated carbocycles. The molecule has 56 heavy (non-hydrogen) atoms. The van der Waals surface area contributed by atoms with Crippen LogP contribution in [0, 0.1) is 11.8 Å². The molecule has 8 N–H and O–H groups in total. The molecule has 16 nitrogen and oxygen atoms in total. The number of rotatable bonds is 18. The van der Waals surface area contributed by atoms with E-state index in [-0.39, 0.29) is 36.1 Å². The quantitative estimate of drug-likeness (QED) is 0.0653. The number of carbonyl (C=O) groups is 4. The van der Waals surface area contributed by atoms with Crippen molar-refractivity contribution in [3.8, 4) is 0 Å². The monoisotopic (exact) mass is 768 g/mol. The van der Waals surface area contributed by atoms with Gasteiger partial charge >= 0.3 is 14.2 Å². The molecule has 18 heteroatoms. The van der Waals surface area contributed by atoms with Crippen molar-refractivity contribution in [2.24, 2.45) is 11.8 Å². The van der Waals surface area contributed by atoms with Crippen molar-refractivity contribution in [2.75, 3.05) is 0 Å². The van der Waals surface area contributed by atoms with Crippen LogP contribution in [-0.4, -0.2) is 102 Å². The Morgan fingerprint density at radius 3 is 1.20 bits per heavy atom. The lowest BCUT2D eigenvalue weighted by Gasteiger charge is -2.24. The summed E-state index contributed by atoms with van der Waals surface area (Å²) in [5, 5.41) is 48.9. The maximum atomic E-state index is 12.8. The van der Waals surface area contributed by atoms with Crippen molar-refractivity contribution in [1.29, 1.82) is 0 Å². The van der Waals surface area contributed by atoms with Crippen LogP contribution in [0.15, 0.2) is 97.8 Å². The molecular weight excluding hydrogens is 718 g/mol. The molecule has 0 aliphatic carbocycles. The third-order valence-corrected chi connectivity index (χ3v) is 8.23. The first-order chi connectivity index (χ1) is 26.7. The number of aromatic nitrogens is 4. The zero-order valence-corrected chi connectivity index (χ0v) is 31.9. The summed E-state index contributed by atoms with van der Waals surface area (Å²) >= 11 is 0. The summed E-state index contributed by atoms with van der Waals surface area (Å²) < 4.78 is 0. The summed E-state index contributed by atoms with van der Waals surface area (Å²) in [6, 6.07) is 16.7. The molecule has 4 amide bonds. The summed E-state index contributed by atoms with van der Waals surface area (Å²) in [7, 11) is -3.39. The molecular formula is C38H50B2N8O8. The summed E-state index contributed by atoms with van der Waals surface area (Å²) in [6.07, 6.45) is 9.57. The average molecular weight is 768 g/mol. The predicted molar refractivity (Wildman–Crippen MR) is 210 cm³/mol. The van der Waals surface area contributed by atoms with E-state index in [0.29, 0.717) is 12.8 Å². The van der Waals surface area contributed by atoms with E-state index in [4.69, 9.17) is 0 Å². The van der Waals surface area contributed by atoms with E-state index >= 15 is 0 Å². The van der Waals surface area contributed by atoms with Gasteiger partial charge in [-0.3, -0.25) is 29.1 Å². The standard InChI is InChI=1S/2C19H25BN4O4/c2*1-13(2)10-17(20(27)28)24-18(25)15(11-14-6-4-3-5-7-14)23-19(26)16-12-21-8-9-22-16/h2*3-9,12-13,15,17,27-28H,10-11H2,1-2H3,(H,23,26)(H,24,25)/t2*15-,17+/m10/s1. The summed E-state index contributed by atoms with van der Waals surface area (Å²) in [5.41, 5.74) is 1.89. The van der Waals surface area contributed by atoms with Gasteiger partial charge in [0.1, 0.15) is 23.5 Å². The van der Waals surface area contributed by atoms with Crippen LogP contribution < -0.4 is 21.3 Å². The highest BCUT2D eigenvalue weighted by Crippen LogP contribution is 2.11. The highest BCUT2D eigenvalue weighted by atomic mass is 16.4. The third-order valence-electron chi connectivity index (χ3n) is 8.23. The number of hydrogen-bond acceptors (Lipinski definition) is 12. The molecule has 4 aromatic rings. The van der Waals surface area contributed by atoms with Crippen molar-refractivity contribution in [1.82, 2.24) is 41.2 Å². The predicted octanol–water partition coefficient (Wildman–Crippen LogP) is 0.721. The second-order valence-corrected chi connectivity index (χ2v) is 13.9. The Morgan fingerprint density at radius 1 is 0.554 bits per heavy atom. The molecule has 0 unspecified atom stereocenters. The van der Waals surface area contributed by atoms with Gasteiger partial charge in [-0.2, -0.15) is 0 Å². The van der Waals surface area contributed by atoms with E-state index in [0.717, 1.165) is 11.1 Å². The first-order valence-corrected chi connectivity index (χ1v) is 18.3. The van der Waals surface area contributed by atoms with E-state index < -0.39 is 61.8 Å². The van der Waals surface area contributed by atoms with Gasteiger partial charge in [0.05, 0.1) is 24.3 Å². The third kappa shape index (κ3) is 16.0. The molecule has 0 bridgehead atoms. The lowest BCUT2D eigenvalue weighted by atomic mass is 9.75. The van der Waals surface area contributed by atoms with Crippen molar-refractivity contribution in [2.45, 2.75) is 77.3 Å². The summed E-state index contributed by atoms with van der Waals surface area (Å²) in [6.45, 7) is 7.66. The minimum Gasteiger partial charge on any atom is -0.426 e. The van der Waals surface area contributed by atoms with Gasteiger partial charge in [-0.1, -0.05) is 88.4 Å². The lowest BCUT2D eigenvalue weighted by molar-refractivity contribution is -0.124. The Labute approximate surface area is 327 Å². The van der Waals surface area contributed by atoms with Gasteiger partial charge in [0.15, 0.2) is 0 Å². The molecule has 0 radical (unpaired) electrons. The number of nitrogens with one attached hydrogen (secondary N) is 4. The first-order valence-electron chi connectivity index (χ1n) is 18.3. The van der Waals surface area contributed by atoms with Gasteiger partial charge in [-0.05, 0) is 35.8 Å². The molecule has 2 aromatic heterocycles. The van der Waals surface area contributed by atoms with Crippen molar-refractivity contribution < 1.29 is 39.3 Å². The molecule has 0 saturated heterocycles. The molecule has 0 aliphatic heterocycles. The zero-order valence-electron chi connectivity index (χ0n) is 31.9. The maximum absolute atomic E-state index is 12.8. The van der Waals surface area contributed by atoms with E-state index in [1.54, 1.807) is 0 Å². The molecule has 4 atom stereocenters. The SMILES string of the molecule is CC(C)C[C@@H](NC(=O)[C@H](Cc1ccccc1)NC(=O)c1cnccn1)B(O)O.CC(C)C[C@H](NC(=O)[C@@H](Cc1ccccc1)NC(=O)c1cnccn1)B(O)O. The average Bonchev–Trinajstić information content (AvgIpc) is 3.18. The lowest BCUT2D eigenvalue weighted by Crippen LogP contribution is -2.55. The van der Waals surface area contributed by atoms with Crippen LogP contribution in [-0.2, 0) is 22.4 Å². The molecule has 0 aliphatic rings. The van der Waals surface area contributed by atoms with Gasteiger partial charge in [0.2, 0.25) is 11.8 Å². The highest BCUT2D eigenvalue weighted by molar-refractivity contribution is 6.44. The minimum absolute atomic E-state index is 0.0919. The number of benzene rings is 2. The van der Waals surface area contributed by atoms with Gasteiger partial charge in [-0.15, -0.1) is 0 Å². The fourth-order valence-electron chi connectivity index (χ4n) is 5.51. The van der Waals surface area contributed by atoms with Crippen LogP contribution in [0.2, 0.25) is 0 Å². The van der Waals surface area contributed by atoms with E-state index in [1.807, 2.05) is 88.4 Å². The number of nitrogens with zero attached hydrogens (tertiary/aromatic N) is 4. The molecule has 2 heterocycles. The van der Waals surface area contributed by atoms with Crippen molar-refractivity contribution >= 4 is 37.9 Å². The Hall–Kier alpha value is -5.55. The van der Waals surface area contributed by atoms with Crippen molar-refractivity contribution in [3.63, 3.8) is 0 Å². The molecule has 4 rings (SSSR count). The van der Waals surface area contributed by atoms with Crippen LogP contribution >= 0.6 is 0 Å². The zero-order chi connectivity index (χ0) is 41.0. The second kappa shape index (κ2) is 23.4. The normalized spacial score (nSPS) is 12.9.